The van der Waals surface area contributed by atoms with Gasteiger partial charge in [-0.2, -0.15) is 0 Å². The molecule has 0 N–H and O–H groups in total. The predicted molar refractivity (Wildman–Crippen MR) is 47.4 cm³/mol. The van der Waals surface area contributed by atoms with Crippen LogP contribution in [0.1, 0.15) is 12.8 Å². The zero-order valence-electron chi connectivity index (χ0n) is 6.98. The summed E-state index contributed by atoms with van der Waals surface area (Å²) < 4.78 is 0. The van der Waals surface area contributed by atoms with Gasteiger partial charge in [-0.05, 0) is 12.3 Å². The SMILES string of the molecule is C=CC1CC(C=C)C([N+](=O)[O-])C1. The van der Waals surface area contributed by atoms with E-state index in [0.717, 1.165) is 6.42 Å². The second-order valence-electron chi connectivity index (χ2n) is 3.22. The molecule has 0 aromatic carbocycles. The first-order valence-corrected chi connectivity index (χ1v) is 4.07. The molecule has 3 unspecified atom stereocenters. The van der Waals surface area contributed by atoms with E-state index >= 15 is 0 Å². The number of hydrogen-bond acceptors (Lipinski definition) is 2. The minimum atomic E-state index is -0.439. The predicted octanol–water partition coefficient (Wildman–Crippen LogP) is 2.03. The molecule has 0 heterocycles. The highest BCUT2D eigenvalue weighted by molar-refractivity contribution is 4.98. The Morgan fingerprint density at radius 1 is 1.33 bits per heavy atom. The first-order valence-electron chi connectivity index (χ1n) is 4.07. The Labute approximate surface area is 71.9 Å². The summed E-state index contributed by atoms with van der Waals surface area (Å²) in [6.07, 6.45) is 4.95. The van der Waals surface area contributed by atoms with Crippen molar-refractivity contribution < 1.29 is 4.92 Å². The third-order valence-electron chi connectivity index (χ3n) is 2.52. The maximum atomic E-state index is 10.6. The fraction of sp³-hybridized carbons (Fsp3) is 0.556. The van der Waals surface area contributed by atoms with Gasteiger partial charge in [0.05, 0.1) is 0 Å². The maximum Gasteiger partial charge on any atom is 0.219 e. The van der Waals surface area contributed by atoms with E-state index in [1.54, 1.807) is 12.2 Å². The first-order chi connectivity index (χ1) is 5.69. The number of nitro groups is 1. The van der Waals surface area contributed by atoms with Crippen molar-refractivity contribution >= 4 is 0 Å². The molecule has 0 aliphatic heterocycles. The summed E-state index contributed by atoms with van der Waals surface area (Å²) in [5.41, 5.74) is 0. The Morgan fingerprint density at radius 2 is 2.00 bits per heavy atom. The van der Waals surface area contributed by atoms with E-state index in [1.165, 1.54) is 0 Å². The highest BCUT2D eigenvalue weighted by atomic mass is 16.6. The van der Waals surface area contributed by atoms with Crippen LogP contribution in [0.3, 0.4) is 0 Å². The monoisotopic (exact) mass is 167 g/mol. The molecule has 1 aliphatic carbocycles. The van der Waals surface area contributed by atoms with Gasteiger partial charge < -0.3 is 0 Å². The van der Waals surface area contributed by atoms with Gasteiger partial charge in [0, 0.05) is 17.3 Å². The van der Waals surface area contributed by atoms with Gasteiger partial charge in [-0.3, -0.25) is 10.1 Å². The van der Waals surface area contributed by atoms with Crippen LogP contribution < -0.4 is 0 Å². The van der Waals surface area contributed by atoms with Gasteiger partial charge >= 0.3 is 0 Å². The van der Waals surface area contributed by atoms with Gasteiger partial charge in [0.1, 0.15) is 0 Å². The molecule has 0 aromatic rings. The molecule has 0 spiro atoms. The van der Waals surface area contributed by atoms with E-state index in [1.807, 2.05) is 0 Å². The molecule has 12 heavy (non-hydrogen) atoms. The van der Waals surface area contributed by atoms with Crippen molar-refractivity contribution in [3.63, 3.8) is 0 Å². The summed E-state index contributed by atoms with van der Waals surface area (Å²) in [7, 11) is 0. The van der Waals surface area contributed by atoms with Crippen LogP contribution in [-0.2, 0) is 0 Å². The van der Waals surface area contributed by atoms with Crippen LogP contribution in [0.5, 0.6) is 0 Å². The average Bonchev–Trinajstić information content (AvgIpc) is 2.47. The Morgan fingerprint density at radius 3 is 2.33 bits per heavy atom. The molecule has 0 amide bonds. The van der Waals surface area contributed by atoms with Crippen molar-refractivity contribution in [2.75, 3.05) is 0 Å². The minimum absolute atomic E-state index is 0.0306. The third kappa shape index (κ3) is 1.55. The lowest BCUT2D eigenvalue weighted by molar-refractivity contribution is -0.526. The van der Waals surface area contributed by atoms with Crippen LogP contribution in [0.4, 0.5) is 0 Å². The maximum absolute atomic E-state index is 10.6. The molecule has 0 saturated heterocycles. The summed E-state index contributed by atoms with van der Waals surface area (Å²) in [5, 5.41) is 10.6. The molecule has 66 valence electrons. The Kier molecular flexibility index (Phi) is 2.63. The summed E-state index contributed by atoms with van der Waals surface area (Å²) >= 11 is 0. The van der Waals surface area contributed by atoms with E-state index in [-0.39, 0.29) is 10.8 Å². The van der Waals surface area contributed by atoms with Gasteiger partial charge in [0.2, 0.25) is 6.04 Å². The Balaban J connectivity index is 2.68. The number of hydrogen-bond donors (Lipinski definition) is 0. The van der Waals surface area contributed by atoms with Crippen molar-refractivity contribution in [1.29, 1.82) is 0 Å². The standard InChI is InChI=1S/C9H13NO2/c1-3-7-5-8(4-2)9(6-7)10(11)12/h3-4,7-9H,1-2,5-6H2. The summed E-state index contributed by atoms with van der Waals surface area (Å²) in [4.78, 5) is 10.4. The lowest BCUT2D eigenvalue weighted by Gasteiger charge is -2.05. The van der Waals surface area contributed by atoms with E-state index in [9.17, 15) is 10.1 Å². The normalized spacial score (nSPS) is 34.5. The zero-order valence-corrected chi connectivity index (χ0v) is 6.98. The second-order valence-corrected chi connectivity index (χ2v) is 3.22. The second kappa shape index (κ2) is 3.52. The van der Waals surface area contributed by atoms with Crippen molar-refractivity contribution in [2.24, 2.45) is 11.8 Å². The third-order valence-corrected chi connectivity index (χ3v) is 2.52. The minimum Gasteiger partial charge on any atom is -0.264 e. The van der Waals surface area contributed by atoms with Crippen LogP contribution in [0.2, 0.25) is 0 Å². The number of nitrogens with zero attached hydrogens (tertiary/aromatic N) is 1. The number of rotatable bonds is 3. The van der Waals surface area contributed by atoms with Crippen molar-refractivity contribution in [2.45, 2.75) is 18.9 Å². The molecule has 3 atom stereocenters. The van der Waals surface area contributed by atoms with Gasteiger partial charge in [0.25, 0.3) is 0 Å². The zero-order chi connectivity index (χ0) is 9.14. The van der Waals surface area contributed by atoms with Crippen molar-refractivity contribution in [3.05, 3.63) is 35.4 Å². The Bertz CT molecular complexity index is 213. The Hall–Kier alpha value is -1.12. The highest BCUT2D eigenvalue weighted by Crippen LogP contribution is 2.34. The van der Waals surface area contributed by atoms with Gasteiger partial charge in [0.15, 0.2) is 0 Å². The number of allylic oxidation sites excluding steroid dienone is 1. The molecular formula is C9H13NO2. The van der Waals surface area contributed by atoms with Gasteiger partial charge in [-0.25, -0.2) is 0 Å². The van der Waals surface area contributed by atoms with Crippen molar-refractivity contribution in [3.8, 4) is 0 Å². The molecule has 1 rings (SSSR count). The molecule has 1 aliphatic rings. The molecule has 0 aromatic heterocycles. The smallest absolute Gasteiger partial charge is 0.219 e. The van der Waals surface area contributed by atoms with Crippen LogP contribution in [0.15, 0.2) is 25.3 Å². The average molecular weight is 167 g/mol. The van der Waals surface area contributed by atoms with Gasteiger partial charge in [-0.15, -0.1) is 13.2 Å². The molecule has 0 radical (unpaired) electrons. The lowest BCUT2D eigenvalue weighted by Crippen LogP contribution is -2.22. The van der Waals surface area contributed by atoms with Crippen LogP contribution in [0, 0.1) is 22.0 Å². The first kappa shape index (κ1) is 8.97. The van der Waals surface area contributed by atoms with E-state index in [2.05, 4.69) is 13.2 Å². The summed E-state index contributed by atoms with van der Waals surface area (Å²) in [6.45, 7) is 7.25. The van der Waals surface area contributed by atoms with Crippen LogP contribution >= 0.6 is 0 Å². The lowest BCUT2D eigenvalue weighted by atomic mass is 10.0. The quantitative estimate of drug-likeness (QED) is 0.366. The molecule has 1 saturated carbocycles. The van der Waals surface area contributed by atoms with Crippen LogP contribution in [-0.4, -0.2) is 11.0 Å². The van der Waals surface area contributed by atoms with Gasteiger partial charge in [-0.1, -0.05) is 12.2 Å². The molecule has 1 fully saturated rings. The molecule has 0 bridgehead atoms. The fourth-order valence-corrected chi connectivity index (χ4v) is 1.78. The topological polar surface area (TPSA) is 43.1 Å². The summed E-state index contributed by atoms with van der Waals surface area (Å²) in [6, 6.07) is -0.439. The highest BCUT2D eigenvalue weighted by Gasteiger charge is 2.38. The molecule has 3 nitrogen and oxygen atoms in total. The van der Waals surface area contributed by atoms with E-state index < -0.39 is 6.04 Å². The van der Waals surface area contributed by atoms with Crippen molar-refractivity contribution in [1.82, 2.24) is 0 Å². The largest absolute Gasteiger partial charge is 0.264 e. The molecular weight excluding hydrogens is 154 g/mol. The van der Waals surface area contributed by atoms with E-state index in [4.69, 9.17) is 0 Å². The summed E-state index contributed by atoms with van der Waals surface area (Å²) in [5.74, 6) is 0.325. The van der Waals surface area contributed by atoms with Crippen LogP contribution in [0.25, 0.3) is 0 Å². The fourth-order valence-electron chi connectivity index (χ4n) is 1.78. The molecule has 3 heteroatoms. The van der Waals surface area contributed by atoms with E-state index in [0.29, 0.717) is 12.3 Å².